The molecule has 2 unspecified atom stereocenters. The van der Waals surface area contributed by atoms with E-state index in [1.54, 1.807) is 14.2 Å². The molecular weight excluding hydrogens is 302 g/mol. The van der Waals surface area contributed by atoms with Crippen LogP contribution in [0, 0.1) is 13.8 Å². The molecule has 0 radical (unpaired) electrons. The highest BCUT2D eigenvalue weighted by atomic mass is 16.5. The third kappa shape index (κ3) is 4.28. The first-order chi connectivity index (χ1) is 11.5. The van der Waals surface area contributed by atoms with Crippen LogP contribution in [0.3, 0.4) is 0 Å². The number of hydrogen-bond donors (Lipinski definition) is 2. The van der Waals surface area contributed by atoms with Gasteiger partial charge in [0.25, 0.3) is 0 Å². The third-order valence-electron chi connectivity index (χ3n) is 4.32. The lowest BCUT2D eigenvalue weighted by Gasteiger charge is -2.21. The number of benzene rings is 2. The van der Waals surface area contributed by atoms with E-state index in [0.29, 0.717) is 12.3 Å². The molecule has 2 aromatic carbocycles. The van der Waals surface area contributed by atoms with Crippen LogP contribution in [0.2, 0.25) is 0 Å². The van der Waals surface area contributed by atoms with Crippen molar-refractivity contribution in [3.8, 4) is 11.5 Å². The number of hydrogen-bond acceptors (Lipinski definition) is 4. The van der Waals surface area contributed by atoms with Crippen LogP contribution in [0.25, 0.3) is 0 Å². The van der Waals surface area contributed by atoms with Crippen molar-refractivity contribution in [3.63, 3.8) is 0 Å². The first-order valence-corrected chi connectivity index (χ1v) is 8.16. The van der Waals surface area contributed by atoms with E-state index in [-0.39, 0.29) is 6.04 Å². The first kappa shape index (κ1) is 18.3. The minimum absolute atomic E-state index is 0.0879. The van der Waals surface area contributed by atoms with Gasteiger partial charge in [-0.15, -0.1) is 0 Å². The van der Waals surface area contributed by atoms with Crippen molar-refractivity contribution in [3.05, 3.63) is 58.7 Å². The van der Waals surface area contributed by atoms with E-state index in [4.69, 9.17) is 9.47 Å². The average molecular weight is 329 g/mol. The SMILES string of the molecule is COc1cc(C)c(C(C)NCC(O)c2ccc(C)cc2)cc1OC. The Morgan fingerprint density at radius 1 is 1.00 bits per heavy atom. The van der Waals surface area contributed by atoms with Crippen molar-refractivity contribution in [2.24, 2.45) is 0 Å². The lowest BCUT2D eigenvalue weighted by molar-refractivity contribution is 0.170. The number of aryl methyl sites for hydroxylation is 2. The predicted molar refractivity (Wildman–Crippen MR) is 96.8 cm³/mol. The van der Waals surface area contributed by atoms with E-state index in [2.05, 4.69) is 12.2 Å². The van der Waals surface area contributed by atoms with E-state index < -0.39 is 6.10 Å². The zero-order valence-electron chi connectivity index (χ0n) is 15.1. The van der Waals surface area contributed by atoms with E-state index in [0.717, 1.165) is 22.4 Å². The molecule has 0 saturated carbocycles. The highest BCUT2D eigenvalue weighted by Gasteiger charge is 2.15. The van der Waals surface area contributed by atoms with E-state index in [1.807, 2.05) is 50.2 Å². The second kappa shape index (κ2) is 8.18. The normalized spacial score (nSPS) is 13.4. The molecule has 0 aromatic heterocycles. The number of rotatable bonds is 7. The van der Waals surface area contributed by atoms with Gasteiger partial charge in [0, 0.05) is 12.6 Å². The number of aliphatic hydroxyl groups is 1. The van der Waals surface area contributed by atoms with Gasteiger partial charge in [0.1, 0.15) is 0 Å². The van der Waals surface area contributed by atoms with Crippen LogP contribution < -0.4 is 14.8 Å². The van der Waals surface area contributed by atoms with Crippen LogP contribution in [-0.4, -0.2) is 25.9 Å². The molecule has 2 rings (SSSR count). The van der Waals surface area contributed by atoms with Gasteiger partial charge in [-0.2, -0.15) is 0 Å². The molecule has 0 aliphatic carbocycles. The van der Waals surface area contributed by atoms with Crippen molar-refractivity contribution < 1.29 is 14.6 Å². The maximum atomic E-state index is 10.4. The molecule has 130 valence electrons. The van der Waals surface area contributed by atoms with Crippen LogP contribution in [-0.2, 0) is 0 Å². The summed E-state index contributed by atoms with van der Waals surface area (Å²) in [5.74, 6) is 1.44. The van der Waals surface area contributed by atoms with Gasteiger partial charge in [0.05, 0.1) is 20.3 Å². The summed E-state index contributed by atoms with van der Waals surface area (Å²) in [5.41, 5.74) is 4.36. The Morgan fingerprint density at radius 3 is 2.17 bits per heavy atom. The largest absolute Gasteiger partial charge is 0.493 e. The molecule has 2 N–H and O–H groups in total. The molecule has 0 saturated heterocycles. The lowest BCUT2D eigenvalue weighted by atomic mass is 10.0. The van der Waals surface area contributed by atoms with Crippen LogP contribution in [0.1, 0.15) is 41.3 Å². The fourth-order valence-electron chi connectivity index (χ4n) is 2.77. The lowest BCUT2D eigenvalue weighted by Crippen LogP contribution is -2.25. The fourth-order valence-corrected chi connectivity index (χ4v) is 2.77. The Labute approximate surface area is 144 Å². The average Bonchev–Trinajstić information content (AvgIpc) is 2.59. The van der Waals surface area contributed by atoms with Crippen molar-refractivity contribution in [2.75, 3.05) is 20.8 Å². The highest BCUT2D eigenvalue weighted by Crippen LogP contribution is 2.33. The second-order valence-corrected chi connectivity index (χ2v) is 6.12. The summed E-state index contributed by atoms with van der Waals surface area (Å²) in [5, 5.41) is 13.7. The van der Waals surface area contributed by atoms with Crippen molar-refractivity contribution in [2.45, 2.75) is 32.9 Å². The van der Waals surface area contributed by atoms with Gasteiger partial charge in [-0.25, -0.2) is 0 Å². The number of methoxy groups -OCH3 is 2. The minimum Gasteiger partial charge on any atom is -0.493 e. The van der Waals surface area contributed by atoms with Gasteiger partial charge in [-0.05, 0) is 49.6 Å². The maximum Gasteiger partial charge on any atom is 0.161 e. The fraction of sp³-hybridized carbons (Fsp3) is 0.400. The third-order valence-corrected chi connectivity index (χ3v) is 4.32. The molecule has 0 bridgehead atoms. The summed E-state index contributed by atoms with van der Waals surface area (Å²) in [6.07, 6.45) is -0.534. The van der Waals surface area contributed by atoms with Gasteiger partial charge in [-0.3, -0.25) is 0 Å². The summed E-state index contributed by atoms with van der Waals surface area (Å²) in [6, 6.07) is 12.0. The van der Waals surface area contributed by atoms with Gasteiger partial charge in [0.15, 0.2) is 11.5 Å². The molecule has 4 nitrogen and oxygen atoms in total. The molecule has 0 spiro atoms. The summed E-state index contributed by atoms with van der Waals surface area (Å²) >= 11 is 0. The molecule has 0 amide bonds. The Bertz CT molecular complexity index is 667. The Morgan fingerprint density at radius 2 is 1.58 bits per heavy atom. The zero-order valence-corrected chi connectivity index (χ0v) is 15.1. The molecule has 0 aliphatic rings. The van der Waals surface area contributed by atoms with E-state index in [1.165, 1.54) is 5.56 Å². The van der Waals surface area contributed by atoms with Crippen molar-refractivity contribution >= 4 is 0 Å². The van der Waals surface area contributed by atoms with E-state index >= 15 is 0 Å². The van der Waals surface area contributed by atoms with E-state index in [9.17, 15) is 5.11 Å². The van der Waals surface area contributed by atoms with Gasteiger partial charge < -0.3 is 19.9 Å². The monoisotopic (exact) mass is 329 g/mol. The highest BCUT2D eigenvalue weighted by molar-refractivity contribution is 5.48. The van der Waals surface area contributed by atoms with Gasteiger partial charge in [-0.1, -0.05) is 29.8 Å². The minimum atomic E-state index is -0.534. The van der Waals surface area contributed by atoms with Crippen LogP contribution in [0.4, 0.5) is 0 Å². The van der Waals surface area contributed by atoms with Crippen molar-refractivity contribution in [1.29, 1.82) is 0 Å². The predicted octanol–water partition coefficient (Wildman–Crippen LogP) is 3.70. The number of ether oxygens (including phenoxy) is 2. The standard InChI is InChI=1S/C20H27NO3/c1-13-6-8-16(9-7-13)18(22)12-21-15(3)17-11-20(24-5)19(23-4)10-14(17)2/h6-11,15,18,21-22H,12H2,1-5H3. The molecule has 0 heterocycles. The molecule has 0 aliphatic heterocycles. The van der Waals surface area contributed by atoms with Crippen molar-refractivity contribution in [1.82, 2.24) is 5.32 Å². The van der Waals surface area contributed by atoms with Gasteiger partial charge in [0.2, 0.25) is 0 Å². The zero-order chi connectivity index (χ0) is 17.7. The summed E-state index contributed by atoms with van der Waals surface area (Å²) < 4.78 is 10.7. The first-order valence-electron chi connectivity index (χ1n) is 8.16. The van der Waals surface area contributed by atoms with Gasteiger partial charge >= 0.3 is 0 Å². The maximum absolute atomic E-state index is 10.4. The molecule has 0 fully saturated rings. The number of aliphatic hydroxyl groups excluding tert-OH is 1. The van der Waals surface area contributed by atoms with Crippen LogP contribution in [0.15, 0.2) is 36.4 Å². The quantitative estimate of drug-likeness (QED) is 0.813. The summed E-state index contributed by atoms with van der Waals surface area (Å²) in [6.45, 7) is 6.65. The Balaban J connectivity index is 2.06. The molecule has 2 aromatic rings. The summed E-state index contributed by atoms with van der Waals surface area (Å²) in [4.78, 5) is 0. The molecular formula is C20H27NO3. The van der Waals surface area contributed by atoms with Crippen LogP contribution in [0.5, 0.6) is 11.5 Å². The molecule has 4 heteroatoms. The Kier molecular flexibility index (Phi) is 6.23. The number of nitrogens with one attached hydrogen (secondary N) is 1. The Hall–Kier alpha value is -2.04. The van der Waals surface area contributed by atoms with Crippen LogP contribution >= 0.6 is 0 Å². The summed E-state index contributed by atoms with van der Waals surface area (Å²) in [7, 11) is 3.27. The molecule has 24 heavy (non-hydrogen) atoms. The topological polar surface area (TPSA) is 50.7 Å². The smallest absolute Gasteiger partial charge is 0.161 e. The molecule has 2 atom stereocenters. The second-order valence-electron chi connectivity index (χ2n) is 6.12.